The molecule has 0 spiro atoms. The highest BCUT2D eigenvalue weighted by molar-refractivity contribution is 5.93. The van der Waals surface area contributed by atoms with Gasteiger partial charge >= 0.3 is 5.97 Å². The highest BCUT2D eigenvalue weighted by Gasteiger charge is 2.11. The van der Waals surface area contributed by atoms with Crippen LogP contribution in [0.1, 0.15) is 16.1 Å². The number of fused-ring (bicyclic) bond motifs is 1. The van der Waals surface area contributed by atoms with Gasteiger partial charge in [-0.15, -0.1) is 0 Å². The van der Waals surface area contributed by atoms with E-state index >= 15 is 0 Å². The van der Waals surface area contributed by atoms with E-state index in [-0.39, 0.29) is 12.6 Å². The third kappa shape index (κ3) is 2.47. The normalized spacial score (nSPS) is 10.5. The summed E-state index contributed by atoms with van der Waals surface area (Å²) in [7, 11) is 0. The van der Waals surface area contributed by atoms with Gasteiger partial charge in [-0.2, -0.15) is 0 Å². The van der Waals surface area contributed by atoms with Gasteiger partial charge in [-0.25, -0.2) is 9.78 Å². The third-order valence-corrected chi connectivity index (χ3v) is 2.82. The second-order valence-corrected chi connectivity index (χ2v) is 4.19. The molecule has 3 rings (SSSR count). The third-order valence-electron chi connectivity index (χ3n) is 2.82. The molecule has 3 aromatic rings. The molecule has 19 heavy (non-hydrogen) atoms. The molecule has 0 aliphatic heterocycles. The van der Waals surface area contributed by atoms with E-state index in [2.05, 4.69) is 9.97 Å². The molecule has 1 N–H and O–H groups in total. The number of nitrogens with zero attached hydrogens (tertiary/aromatic N) is 1. The minimum atomic E-state index is -0.373. The monoisotopic (exact) mass is 252 g/mol. The smallest absolute Gasteiger partial charge is 0.355 e. The first-order valence-electron chi connectivity index (χ1n) is 5.98. The number of aromatic nitrogens is 2. The predicted octanol–water partition coefficient (Wildman–Crippen LogP) is 2.92. The van der Waals surface area contributed by atoms with Gasteiger partial charge in [-0.3, -0.25) is 0 Å². The summed E-state index contributed by atoms with van der Waals surface area (Å²) in [6, 6.07) is 15.1. The van der Waals surface area contributed by atoms with Gasteiger partial charge in [0.25, 0.3) is 0 Å². The van der Waals surface area contributed by atoms with E-state index < -0.39 is 0 Å². The molecule has 2 heterocycles. The molecule has 4 nitrogen and oxygen atoms in total. The highest BCUT2D eigenvalue weighted by Crippen LogP contribution is 2.13. The topological polar surface area (TPSA) is 55.0 Å². The Bertz CT molecular complexity index is 671. The summed E-state index contributed by atoms with van der Waals surface area (Å²) in [4.78, 5) is 19.0. The molecule has 2 aromatic heterocycles. The first-order valence-corrected chi connectivity index (χ1v) is 5.98. The van der Waals surface area contributed by atoms with Crippen molar-refractivity contribution in [2.24, 2.45) is 0 Å². The Kier molecular flexibility index (Phi) is 2.98. The van der Waals surface area contributed by atoms with Crippen molar-refractivity contribution >= 4 is 17.0 Å². The molecule has 0 saturated carbocycles. The van der Waals surface area contributed by atoms with Gasteiger partial charge in [-0.05, 0) is 23.8 Å². The quantitative estimate of drug-likeness (QED) is 0.729. The maximum atomic E-state index is 11.9. The largest absolute Gasteiger partial charge is 0.456 e. The molecule has 0 saturated heterocycles. The first-order chi connectivity index (χ1) is 9.33. The van der Waals surface area contributed by atoms with E-state index in [0.717, 1.165) is 10.9 Å². The number of esters is 1. The van der Waals surface area contributed by atoms with Crippen LogP contribution in [0.4, 0.5) is 0 Å². The number of carbonyl (C=O) groups is 1. The van der Waals surface area contributed by atoms with Gasteiger partial charge in [0.2, 0.25) is 0 Å². The zero-order valence-electron chi connectivity index (χ0n) is 10.2. The number of benzene rings is 1. The van der Waals surface area contributed by atoms with Crippen LogP contribution in [0.3, 0.4) is 0 Å². The fourth-order valence-electron chi connectivity index (χ4n) is 1.87. The van der Waals surface area contributed by atoms with Crippen molar-refractivity contribution in [2.45, 2.75) is 6.61 Å². The summed E-state index contributed by atoms with van der Waals surface area (Å²) in [6.07, 6.45) is 1.68. The average Bonchev–Trinajstić information content (AvgIpc) is 2.90. The van der Waals surface area contributed by atoms with Gasteiger partial charge in [-0.1, -0.05) is 30.3 Å². The van der Waals surface area contributed by atoms with Crippen LogP contribution in [0.2, 0.25) is 0 Å². The van der Waals surface area contributed by atoms with E-state index in [1.165, 1.54) is 0 Å². The number of ether oxygens (including phenoxy) is 1. The number of hydrogen-bond acceptors (Lipinski definition) is 3. The Morgan fingerprint density at radius 3 is 2.79 bits per heavy atom. The van der Waals surface area contributed by atoms with Gasteiger partial charge in [0.1, 0.15) is 17.9 Å². The summed E-state index contributed by atoms with van der Waals surface area (Å²) in [5.41, 5.74) is 2.07. The average molecular weight is 252 g/mol. The number of carbonyl (C=O) groups excluding carboxylic acids is 1. The number of H-pyrrole nitrogens is 1. The molecule has 0 atom stereocenters. The summed E-state index contributed by atoms with van der Waals surface area (Å²) < 4.78 is 5.25. The lowest BCUT2D eigenvalue weighted by Crippen LogP contribution is -2.05. The van der Waals surface area contributed by atoms with Gasteiger partial charge in [0, 0.05) is 11.6 Å². The van der Waals surface area contributed by atoms with Crippen molar-refractivity contribution < 1.29 is 9.53 Å². The van der Waals surface area contributed by atoms with Crippen molar-refractivity contribution in [1.82, 2.24) is 9.97 Å². The lowest BCUT2D eigenvalue weighted by molar-refractivity contribution is 0.0467. The Morgan fingerprint density at radius 1 is 1.16 bits per heavy atom. The molecule has 0 aliphatic rings. The molecule has 0 bridgehead atoms. The number of rotatable bonds is 3. The molecule has 0 radical (unpaired) electrons. The summed E-state index contributed by atoms with van der Waals surface area (Å²) in [5.74, 6) is -0.373. The van der Waals surface area contributed by atoms with Crippen LogP contribution in [-0.2, 0) is 11.3 Å². The van der Waals surface area contributed by atoms with Crippen LogP contribution < -0.4 is 0 Å². The zero-order chi connectivity index (χ0) is 13.1. The highest BCUT2D eigenvalue weighted by atomic mass is 16.5. The lowest BCUT2D eigenvalue weighted by atomic mass is 10.2. The van der Waals surface area contributed by atoms with Crippen molar-refractivity contribution in [2.75, 3.05) is 0 Å². The van der Waals surface area contributed by atoms with Crippen LogP contribution in [0.5, 0.6) is 0 Å². The standard InChI is InChI=1S/C15H12N2O2/c18-15(19-10-11-5-2-1-3-6-11)13-9-12-7-4-8-16-14(12)17-13/h1-9H,10H2,(H,16,17). The van der Waals surface area contributed by atoms with Crippen molar-refractivity contribution in [3.05, 3.63) is 66.0 Å². The molecular formula is C15H12N2O2. The number of pyridine rings is 1. The maximum Gasteiger partial charge on any atom is 0.355 e. The molecule has 0 unspecified atom stereocenters. The number of hydrogen-bond donors (Lipinski definition) is 1. The Morgan fingerprint density at radius 2 is 2.00 bits per heavy atom. The second kappa shape index (κ2) is 4.94. The summed E-state index contributed by atoms with van der Waals surface area (Å²) in [6.45, 7) is 0.266. The van der Waals surface area contributed by atoms with Crippen LogP contribution in [0.15, 0.2) is 54.7 Å². The SMILES string of the molecule is O=C(OCc1ccccc1)c1cc2cccnc2[nH]1. The second-order valence-electron chi connectivity index (χ2n) is 4.19. The minimum absolute atomic E-state index is 0.266. The molecule has 1 aromatic carbocycles. The molecule has 94 valence electrons. The molecule has 4 heteroatoms. The Labute approximate surface area is 110 Å². The summed E-state index contributed by atoms with van der Waals surface area (Å²) >= 11 is 0. The number of aromatic amines is 1. The van der Waals surface area contributed by atoms with Crippen LogP contribution in [-0.4, -0.2) is 15.9 Å². The van der Waals surface area contributed by atoms with Crippen LogP contribution in [0, 0.1) is 0 Å². The van der Waals surface area contributed by atoms with Crippen LogP contribution in [0.25, 0.3) is 11.0 Å². The van der Waals surface area contributed by atoms with Gasteiger partial charge in [0.05, 0.1) is 0 Å². The van der Waals surface area contributed by atoms with Crippen molar-refractivity contribution in [3.8, 4) is 0 Å². The van der Waals surface area contributed by atoms with E-state index in [0.29, 0.717) is 11.3 Å². The Hall–Kier alpha value is -2.62. The minimum Gasteiger partial charge on any atom is -0.456 e. The number of nitrogens with one attached hydrogen (secondary N) is 1. The molecule has 0 aliphatic carbocycles. The molecule has 0 fully saturated rings. The van der Waals surface area contributed by atoms with E-state index in [1.807, 2.05) is 42.5 Å². The van der Waals surface area contributed by atoms with Crippen molar-refractivity contribution in [1.29, 1.82) is 0 Å². The lowest BCUT2D eigenvalue weighted by Gasteiger charge is -2.02. The fraction of sp³-hybridized carbons (Fsp3) is 0.0667. The molecule has 0 amide bonds. The maximum absolute atomic E-state index is 11.9. The van der Waals surface area contributed by atoms with E-state index in [1.54, 1.807) is 12.3 Å². The summed E-state index contributed by atoms with van der Waals surface area (Å²) in [5, 5.41) is 0.897. The molecular weight excluding hydrogens is 240 g/mol. The fourth-order valence-corrected chi connectivity index (χ4v) is 1.87. The van der Waals surface area contributed by atoms with Gasteiger partial charge < -0.3 is 9.72 Å². The zero-order valence-corrected chi connectivity index (χ0v) is 10.2. The van der Waals surface area contributed by atoms with Crippen LogP contribution >= 0.6 is 0 Å². The Balaban J connectivity index is 1.73. The first kappa shape index (κ1) is 11.5. The van der Waals surface area contributed by atoms with Crippen molar-refractivity contribution in [3.63, 3.8) is 0 Å². The van der Waals surface area contributed by atoms with E-state index in [4.69, 9.17) is 4.74 Å². The predicted molar refractivity (Wildman–Crippen MR) is 71.7 cm³/mol. The van der Waals surface area contributed by atoms with Gasteiger partial charge in [0.15, 0.2) is 0 Å². The van der Waals surface area contributed by atoms with E-state index in [9.17, 15) is 4.79 Å².